The van der Waals surface area contributed by atoms with E-state index in [9.17, 15) is 9.90 Å². The van der Waals surface area contributed by atoms with Gasteiger partial charge in [-0.25, -0.2) is 0 Å². The minimum atomic E-state index is -0.690. The van der Waals surface area contributed by atoms with Crippen molar-refractivity contribution in [1.29, 1.82) is 0 Å². The van der Waals surface area contributed by atoms with Crippen LogP contribution in [-0.4, -0.2) is 72.2 Å². The van der Waals surface area contributed by atoms with Gasteiger partial charge in [0.15, 0.2) is 0 Å². The van der Waals surface area contributed by atoms with Crippen LogP contribution in [0, 0.1) is 0 Å². The number of likely N-dealkylation sites (tertiary alicyclic amines) is 1. The lowest BCUT2D eigenvalue weighted by Crippen LogP contribution is -2.53. The van der Waals surface area contributed by atoms with Crippen LogP contribution in [0.2, 0.25) is 0 Å². The number of piperidine rings is 1. The molecular weight excluding hydrogens is 254 g/mol. The molecule has 1 saturated carbocycles. The van der Waals surface area contributed by atoms with Crippen LogP contribution in [0.4, 0.5) is 0 Å². The molecule has 20 heavy (non-hydrogen) atoms. The van der Waals surface area contributed by atoms with Crippen molar-refractivity contribution >= 4 is 5.97 Å². The third-order valence-corrected chi connectivity index (χ3v) is 5.09. The zero-order valence-corrected chi connectivity index (χ0v) is 13.1. The number of aliphatic carboxylic acids is 1. The van der Waals surface area contributed by atoms with Crippen molar-refractivity contribution in [2.75, 3.05) is 33.7 Å². The highest BCUT2D eigenvalue weighted by atomic mass is 16.4. The zero-order chi connectivity index (χ0) is 14.8. The maximum atomic E-state index is 11.6. The summed E-state index contributed by atoms with van der Waals surface area (Å²) in [6, 6.07) is 1.04. The van der Waals surface area contributed by atoms with E-state index < -0.39 is 11.5 Å². The van der Waals surface area contributed by atoms with Crippen molar-refractivity contribution in [3.63, 3.8) is 0 Å². The SMILES string of the molecule is CCNC1(C(=O)O)CCC(N2CCCC(N(C)C)C2)C1. The van der Waals surface area contributed by atoms with E-state index in [1.54, 1.807) is 0 Å². The number of hydrogen-bond acceptors (Lipinski definition) is 4. The lowest BCUT2D eigenvalue weighted by molar-refractivity contribution is -0.144. The Kier molecular flexibility index (Phi) is 5.04. The molecule has 0 spiro atoms. The van der Waals surface area contributed by atoms with Gasteiger partial charge in [0.2, 0.25) is 0 Å². The van der Waals surface area contributed by atoms with Crippen LogP contribution >= 0.6 is 0 Å². The van der Waals surface area contributed by atoms with Crippen LogP contribution in [0.5, 0.6) is 0 Å². The molecule has 0 radical (unpaired) electrons. The summed E-state index contributed by atoms with van der Waals surface area (Å²) in [6.07, 6.45) is 4.98. The summed E-state index contributed by atoms with van der Waals surface area (Å²) in [5.41, 5.74) is -0.690. The molecule has 116 valence electrons. The number of likely N-dealkylation sites (N-methyl/N-ethyl adjacent to an activating group) is 2. The number of nitrogens with zero attached hydrogens (tertiary/aromatic N) is 2. The lowest BCUT2D eigenvalue weighted by atomic mass is 9.96. The van der Waals surface area contributed by atoms with Crippen LogP contribution in [-0.2, 0) is 4.79 Å². The first-order valence-electron chi connectivity index (χ1n) is 7.87. The number of carboxylic acids is 1. The molecule has 1 heterocycles. The van der Waals surface area contributed by atoms with Gasteiger partial charge in [-0.05, 0) is 59.3 Å². The summed E-state index contributed by atoms with van der Waals surface area (Å²) in [4.78, 5) is 16.5. The number of hydrogen-bond donors (Lipinski definition) is 2. The quantitative estimate of drug-likeness (QED) is 0.788. The van der Waals surface area contributed by atoms with Crippen LogP contribution < -0.4 is 5.32 Å². The van der Waals surface area contributed by atoms with Gasteiger partial charge in [0.25, 0.3) is 0 Å². The van der Waals surface area contributed by atoms with Crippen LogP contribution in [0.1, 0.15) is 39.0 Å². The summed E-state index contributed by atoms with van der Waals surface area (Å²) in [6.45, 7) is 4.91. The number of carbonyl (C=O) groups is 1. The van der Waals surface area contributed by atoms with Crippen molar-refractivity contribution < 1.29 is 9.90 Å². The predicted molar refractivity (Wildman–Crippen MR) is 80.0 cm³/mol. The predicted octanol–water partition coefficient (Wildman–Crippen LogP) is 0.998. The standard InChI is InChI=1S/C15H29N3O2/c1-4-16-15(14(19)20)8-7-12(10-15)18-9-5-6-13(11-18)17(2)3/h12-13,16H,4-11H2,1-3H3,(H,19,20). The van der Waals surface area contributed by atoms with Crippen LogP contribution in [0.25, 0.3) is 0 Å². The molecule has 0 bridgehead atoms. The van der Waals surface area contributed by atoms with Gasteiger partial charge >= 0.3 is 5.97 Å². The number of carboxylic acid groups (broad SMARTS) is 1. The second-order valence-electron chi connectivity index (χ2n) is 6.57. The molecule has 1 aliphatic heterocycles. The molecule has 2 rings (SSSR count). The Morgan fingerprint density at radius 2 is 2.20 bits per heavy atom. The largest absolute Gasteiger partial charge is 0.480 e. The number of nitrogens with one attached hydrogen (secondary N) is 1. The van der Waals surface area contributed by atoms with E-state index in [0.717, 1.165) is 38.9 Å². The molecule has 5 heteroatoms. The average molecular weight is 283 g/mol. The summed E-state index contributed by atoms with van der Waals surface area (Å²) in [5.74, 6) is -0.678. The molecule has 3 unspecified atom stereocenters. The molecule has 0 amide bonds. The van der Waals surface area contributed by atoms with E-state index in [4.69, 9.17) is 0 Å². The third kappa shape index (κ3) is 3.15. The van der Waals surface area contributed by atoms with Crippen molar-refractivity contribution in [1.82, 2.24) is 15.1 Å². The first-order chi connectivity index (χ1) is 9.48. The van der Waals surface area contributed by atoms with Crippen molar-refractivity contribution in [3.8, 4) is 0 Å². The monoisotopic (exact) mass is 283 g/mol. The van der Waals surface area contributed by atoms with Gasteiger partial charge in [-0.15, -0.1) is 0 Å². The Bertz CT molecular complexity index is 348. The molecule has 3 atom stereocenters. The molecular formula is C15H29N3O2. The molecule has 1 saturated heterocycles. The molecule has 1 aliphatic carbocycles. The van der Waals surface area contributed by atoms with Gasteiger partial charge in [-0.2, -0.15) is 0 Å². The Morgan fingerprint density at radius 1 is 1.45 bits per heavy atom. The second-order valence-corrected chi connectivity index (χ2v) is 6.57. The van der Waals surface area contributed by atoms with Gasteiger partial charge in [-0.3, -0.25) is 9.69 Å². The van der Waals surface area contributed by atoms with E-state index in [-0.39, 0.29) is 0 Å². The Labute approximate surface area is 122 Å². The van der Waals surface area contributed by atoms with Gasteiger partial charge in [0.05, 0.1) is 0 Å². The van der Waals surface area contributed by atoms with E-state index in [0.29, 0.717) is 12.1 Å². The van der Waals surface area contributed by atoms with Crippen molar-refractivity contribution in [3.05, 3.63) is 0 Å². The summed E-state index contributed by atoms with van der Waals surface area (Å²) in [5, 5.41) is 12.8. The van der Waals surface area contributed by atoms with Crippen LogP contribution in [0.3, 0.4) is 0 Å². The molecule has 0 aromatic carbocycles. The Balaban J connectivity index is 1.99. The zero-order valence-electron chi connectivity index (χ0n) is 13.1. The molecule has 2 N–H and O–H groups in total. The van der Waals surface area contributed by atoms with E-state index in [2.05, 4.69) is 29.2 Å². The number of rotatable bonds is 5. The topological polar surface area (TPSA) is 55.8 Å². The van der Waals surface area contributed by atoms with Gasteiger partial charge < -0.3 is 15.3 Å². The first kappa shape index (κ1) is 15.7. The minimum absolute atomic E-state index is 0.424. The minimum Gasteiger partial charge on any atom is -0.480 e. The van der Waals surface area contributed by atoms with Gasteiger partial charge in [0.1, 0.15) is 5.54 Å². The van der Waals surface area contributed by atoms with E-state index in [1.807, 2.05) is 6.92 Å². The van der Waals surface area contributed by atoms with Gasteiger partial charge in [0, 0.05) is 18.6 Å². The molecule has 5 nitrogen and oxygen atoms in total. The normalized spacial score (nSPS) is 35.6. The highest BCUT2D eigenvalue weighted by molar-refractivity contribution is 5.79. The molecule has 2 aliphatic rings. The Hall–Kier alpha value is -0.650. The second kappa shape index (κ2) is 6.41. The van der Waals surface area contributed by atoms with Crippen LogP contribution in [0.15, 0.2) is 0 Å². The highest BCUT2D eigenvalue weighted by Crippen LogP contribution is 2.35. The fraction of sp³-hybridized carbons (Fsp3) is 0.933. The summed E-state index contributed by atoms with van der Waals surface area (Å²) in [7, 11) is 4.28. The first-order valence-corrected chi connectivity index (χ1v) is 7.87. The fourth-order valence-electron chi connectivity index (χ4n) is 3.84. The molecule has 0 aromatic heterocycles. The maximum Gasteiger partial charge on any atom is 0.323 e. The summed E-state index contributed by atoms with van der Waals surface area (Å²) < 4.78 is 0. The van der Waals surface area contributed by atoms with E-state index in [1.165, 1.54) is 12.8 Å². The van der Waals surface area contributed by atoms with Gasteiger partial charge in [-0.1, -0.05) is 6.92 Å². The highest BCUT2D eigenvalue weighted by Gasteiger charge is 2.46. The average Bonchev–Trinajstić information content (AvgIpc) is 2.85. The maximum absolute atomic E-state index is 11.6. The summed E-state index contributed by atoms with van der Waals surface area (Å²) >= 11 is 0. The molecule has 0 aromatic rings. The lowest BCUT2D eigenvalue weighted by Gasteiger charge is -2.39. The Morgan fingerprint density at radius 3 is 2.80 bits per heavy atom. The fourth-order valence-corrected chi connectivity index (χ4v) is 3.84. The third-order valence-electron chi connectivity index (χ3n) is 5.09. The van der Waals surface area contributed by atoms with Crippen molar-refractivity contribution in [2.45, 2.75) is 56.7 Å². The van der Waals surface area contributed by atoms with Crippen molar-refractivity contribution in [2.24, 2.45) is 0 Å². The van der Waals surface area contributed by atoms with E-state index >= 15 is 0 Å². The molecule has 2 fully saturated rings. The smallest absolute Gasteiger partial charge is 0.323 e.